The summed E-state index contributed by atoms with van der Waals surface area (Å²) >= 11 is 0. The second-order valence-electron chi connectivity index (χ2n) is 2.75. The van der Waals surface area contributed by atoms with Crippen molar-refractivity contribution in [2.45, 2.75) is 13.3 Å². The zero-order valence-corrected chi connectivity index (χ0v) is 8.28. The Morgan fingerprint density at radius 3 is 2.81 bits per heavy atom. The first-order valence-electron chi connectivity index (χ1n) is 4.33. The summed E-state index contributed by atoms with van der Waals surface area (Å²) in [7, 11) is 0. The van der Waals surface area contributed by atoms with Crippen molar-refractivity contribution in [1.29, 1.82) is 0 Å². The van der Waals surface area contributed by atoms with Gasteiger partial charge in [-0.05, 0) is 11.6 Å². The van der Waals surface area contributed by atoms with Crippen LogP contribution >= 0.6 is 0 Å². The quantitative estimate of drug-likeness (QED) is 0.261. The highest BCUT2D eigenvalue weighted by Gasteiger charge is 2.14. The van der Waals surface area contributed by atoms with Crippen LogP contribution in [0.15, 0.2) is 17.2 Å². The van der Waals surface area contributed by atoms with Gasteiger partial charge in [0, 0.05) is 17.4 Å². The molecule has 0 atom stereocenters. The fourth-order valence-electron chi connectivity index (χ4n) is 0.956. The van der Waals surface area contributed by atoms with E-state index in [1.807, 2.05) is 0 Å². The zero-order chi connectivity index (χ0) is 12.1. The molecule has 0 saturated heterocycles. The van der Waals surface area contributed by atoms with Gasteiger partial charge in [0.15, 0.2) is 11.6 Å². The minimum atomic E-state index is -1.09. The molecule has 0 aromatic heterocycles. The number of hydrogen-bond donors (Lipinski definition) is 0. The minimum Gasteiger partial charge on any atom is -0.423 e. The molecular weight excluding hydrogens is 220 g/mol. The van der Waals surface area contributed by atoms with Crippen molar-refractivity contribution in [1.82, 2.24) is 0 Å². The molecule has 0 spiro atoms. The third-order valence-electron chi connectivity index (χ3n) is 1.65. The standard InChI is InChI=1S/C9H7F2N3O2/c1-2-8(15)16-9-6(11)3-5(10)4-7(9)13-14-12/h3-4H,2H2,1H3. The molecule has 0 heterocycles. The highest BCUT2D eigenvalue weighted by atomic mass is 19.1. The van der Waals surface area contributed by atoms with Crippen molar-refractivity contribution < 1.29 is 18.3 Å². The van der Waals surface area contributed by atoms with Crippen LogP contribution in [0.5, 0.6) is 5.75 Å². The minimum absolute atomic E-state index is 0.0204. The Kier molecular flexibility index (Phi) is 3.79. The fraction of sp³-hybridized carbons (Fsp3) is 0.222. The van der Waals surface area contributed by atoms with E-state index in [-0.39, 0.29) is 6.42 Å². The van der Waals surface area contributed by atoms with Crippen LogP contribution < -0.4 is 4.74 Å². The average molecular weight is 227 g/mol. The number of halogens is 2. The maximum Gasteiger partial charge on any atom is 0.311 e. The highest BCUT2D eigenvalue weighted by molar-refractivity contribution is 5.74. The lowest BCUT2D eigenvalue weighted by atomic mass is 10.2. The lowest BCUT2D eigenvalue weighted by molar-refractivity contribution is -0.134. The summed E-state index contributed by atoms with van der Waals surface area (Å²) in [6, 6.07) is 1.32. The Bertz CT molecular complexity index is 470. The second-order valence-corrected chi connectivity index (χ2v) is 2.75. The van der Waals surface area contributed by atoms with Crippen molar-refractivity contribution in [3.05, 3.63) is 34.2 Å². The number of hydrogen-bond acceptors (Lipinski definition) is 3. The molecule has 0 amide bonds. The highest BCUT2D eigenvalue weighted by Crippen LogP contribution is 2.32. The monoisotopic (exact) mass is 227 g/mol. The number of esters is 1. The van der Waals surface area contributed by atoms with Gasteiger partial charge in [-0.25, -0.2) is 8.78 Å². The van der Waals surface area contributed by atoms with E-state index >= 15 is 0 Å². The summed E-state index contributed by atoms with van der Waals surface area (Å²) in [5, 5.41) is 3.04. The van der Waals surface area contributed by atoms with Gasteiger partial charge in [0.05, 0.1) is 5.69 Å². The van der Waals surface area contributed by atoms with Gasteiger partial charge in [-0.15, -0.1) is 0 Å². The first kappa shape index (κ1) is 11.9. The Morgan fingerprint density at radius 1 is 1.56 bits per heavy atom. The zero-order valence-electron chi connectivity index (χ0n) is 8.28. The van der Waals surface area contributed by atoms with E-state index < -0.39 is 29.0 Å². The van der Waals surface area contributed by atoms with Crippen LogP contribution in [-0.2, 0) is 4.79 Å². The molecule has 84 valence electrons. The molecule has 1 rings (SSSR count). The van der Waals surface area contributed by atoms with Gasteiger partial charge >= 0.3 is 5.97 Å². The third-order valence-corrected chi connectivity index (χ3v) is 1.65. The van der Waals surface area contributed by atoms with E-state index in [2.05, 4.69) is 14.8 Å². The maximum absolute atomic E-state index is 13.2. The Labute approximate surface area is 89.3 Å². The molecule has 0 aliphatic rings. The van der Waals surface area contributed by atoms with E-state index in [0.29, 0.717) is 6.07 Å². The smallest absolute Gasteiger partial charge is 0.311 e. The Hall–Kier alpha value is -2.14. The lowest BCUT2D eigenvalue weighted by Gasteiger charge is -2.06. The topological polar surface area (TPSA) is 75.1 Å². The average Bonchev–Trinajstić information content (AvgIpc) is 2.23. The van der Waals surface area contributed by atoms with Crippen LogP contribution in [0.3, 0.4) is 0 Å². The van der Waals surface area contributed by atoms with Crippen LogP contribution in [0.4, 0.5) is 14.5 Å². The van der Waals surface area contributed by atoms with Crippen molar-refractivity contribution in [3.8, 4) is 5.75 Å². The maximum atomic E-state index is 13.2. The second kappa shape index (κ2) is 5.09. The summed E-state index contributed by atoms with van der Waals surface area (Å²) in [6.07, 6.45) is 0.0204. The summed E-state index contributed by atoms with van der Waals surface area (Å²) in [4.78, 5) is 13.3. The molecule has 0 bridgehead atoms. The summed E-state index contributed by atoms with van der Waals surface area (Å²) in [5.41, 5.74) is 7.79. The molecule has 7 heteroatoms. The van der Waals surface area contributed by atoms with Gasteiger partial charge < -0.3 is 4.74 Å². The van der Waals surface area contributed by atoms with E-state index in [1.165, 1.54) is 6.92 Å². The van der Waals surface area contributed by atoms with Crippen LogP contribution in [0.1, 0.15) is 13.3 Å². The number of rotatable bonds is 3. The van der Waals surface area contributed by atoms with Crippen LogP contribution in [0, 0.1) is 11.6 Å². The van der Waals surface area contributed by atoms with Gasteiger partial charge in [0.25, 0.3) is 0 Å². The molecule has 0 radical (unpaired) electrons. The fourth-order valence-corrected chi connectivity index (χ4v) is 0.956. The number of azide groups is 1. The molecule has 0 saturated carbocycles. The van der Waals surface area contributed by atoms with Gasteiger partial charge in [-0.1, -0.05) is 12.0 Å². The molecule has 5 nitrogen and oxygen atoms in total. The first-order chi connectivity index (χ1) is 7.58. The predicted molar refractivity (Wildman–Crippen MR) is 51.1 cm³/mol. The van der Waals surface area contributed by atoms with Crippen LogP contribution in [0.2, 0.25) is 0 Å². The number of carbonyl (C=O) groups is 1. The summed E-state index contributed by atoms with van der Waals surface area (Å²) in [6.45, 7) is 1.51. The van der Waals surface area contributed by atoms with Crippen molar-refractivity contribution in [2.75, 3.05) is 0 Å². The number of carbonyl (C=O) groups excluding carboxylic acids is 1. The first-order valence-corrected chi connectivity index (χ1v) is 4.33. The molecule has 0 fully saturated rings. The molecular formula is C9H7F2N3O2. The van der Waals surface area contributed by atoms with Crippen LogP contribution in [0.25, 0.3) is 10.4 Å². The molecule has 1 aromatic carbocycles. The van der Waals surface area contributed by atoms with Crippen molar-refractivity contribution in [2.24, 2.45) is 5.11 Å². The number of benzene rings is 1. The van der Waals surface area contributed by atoms with Gasteiger partial charge in [-0.3, -0.25) is 4.79 Å². The molecule has 1 aromatic rings. The Balaban J connectivity index is 3.23. The molecule has 0 unspecified atom stereocenters. The van der Waals surface area contributed by atoms with Gasteiger partial charge in [0.2, 0.25) is 0 Å². The predicted octanol–water partition coefficient (Wildman–Crippen LogP) is 3.22. The summed E-state index contributed by atoms with van der Waals surface area (Å²) < 4.78 is 30.6. The van der Waals surface area contributed by atoms with E-state index in [9.17, 15) is 13.6 Å². The SMILES string of the molecule is CCC(=O)Oc1c(F)cc(F)cc1N=[N+]=[N-]. The summed E-state index contributed by atoms with van der Waals surface area (Å²) in [5.74, 6) is -3.29. The molecule has 0 aliphatic heterocycles. The largest absolute Gasteiger partial charge is 0.423 e. The lowest BCUT2D eigenvalue weighted by Crippen LogP contribution is -2.07. The van der Waals surface area contributed by atoms with Crippen molar-refractivity contribution in [3.63, 3.8) is 0 Å². The van der Waals surface area contributed by atoms with Crippen LogP contribution in [-0.4, -0.2) is 5.97 Å². The number of ether oxygens (including phenoxy) is 1. The third kappa shape index (κ3) is 2.68. The van der Waals surface area contributed by atoms with Crippen molar-refractivity contribution >= 4 is 11.7 Å². The van der Waals surface area contributed by atoms with Gasteiger partial charge in [-0.2, -0.15) is 0 Å². The normalized spacial score (nSPS) is 9.44. The molecule has 0 aliphatic carbocycles. The van der Waals surface area contributed by atoms with E-state index in [4.69, 9.17) is 5.53 Å². The van der Waals surface area contributed by atoms with E-state index in [0.717, 1.165) is 6.07 Å². The number of nitrogens with zero attached hydrogens (tertiary/aromatic N) is 3. The van der Waals surface area contributed by atoms with E-state index in [1.54, 1.807) is 0 Å². The van der Waals surface area contributed by atoms with Gasteiger partial charge in [0.1, 0.15) is 5.82 Å². The Morgan fingerprint density at radius 2 is 2.25 bits per heavy atom. The molecule has 16 heavy (non-hydrogen) atoms. The molecule has 0 N–H and O–H groups in total.